The number of anilines is 2. The second kappa shape index (κ2) is 10.1. The van der Waals surface area contributed by atoms with Gasteiger partial charge >= 0.3 is 5.97 Å². The second-order valence-electron chi connectivity index (χ2n) is 8.96. The molecule has 4 N–H and O–H groups in total. The largest absolute Gasteiger partial charge is 0.477 e. The molecule has 39 heavy (non-hydrogen) atoms. The van der Waals surface area contributed by atoms with Crippen molar-refractivity contribution in [2.45, 2.75) is 24.9 Å². The number of aryl methyl sites for hydroxylation is 1. The lowest BCUT2D eigenvalue weighted by Gasteiger charge is -2.50. The van der Waals surface area contributed by atoms with Crippen molar-refractivity contribution in [1.29, 1.82) is 0 Å². The average Bonchev–Trinajstić information content (AvgIpc) is 3.50. The van der Waals surface area contributed by atoms with Crippen molar-refractivity contribution in [2.75, 3.05) is 17.7 Å². The van der Waals surface area contributed by atoms with Crippen LogP contribution in [-0.4, -0.2) is 63.6 Å². The number of nitrogens with two attached hydrogens (primary N) is 1. The van der Waals surface area contributed by atoms with E-state index in [1.54, 1.807) is 24.5 Å². The van der Waals surface area contributed by atoms with Gasteiger partial charge in [0.1, 0.15) is 37.3 Å². The molecule has 5 rings (SSSR count). The van der Waals surface area contributed by atoms with E-state index in [1.165, 1.54) is 23.5 Å². The number of pyridine rings is 1. The number of nitrogens with one attached hydrogen (secondary N) is 1. The monoisotopic (exact) mass is 550 g/mol. The maximum absolute atomic E-state index is 13.1. The van der Waals surface area contributed by atoms with Gasteiger partial charge in [-0.1, -0.05) is 5.16 Å². The Bertz CT molecular complexity index is 1520. The van der Waals surface area contributed by atoms with E-state index in [4.69, 9.17) is 10.6 Å². The highest BCUT2D eigenvalue weighted by molar-refractivity contribution is 7.13. The fourth-order valence-electron chi connectivity index (χ4n) is 4.78. The molecule has 3 amide bonds. The Morgan fingerprint density at radius 3 is 2.85 bits per heavy atom. The number of amides is 3. The summed E-state index contributed by atoms with van der Waals surface area (Å²) in [6.45, 7) is 0. The molecule has 1 saturated heterocycles. The first-order valence-corrected chi connectivity index (χ1v) is 12.7. The van der Waals surface area contributed by atoms with E-state index in [-0.39, 0.29) is 34.6 Å². The van der Waals surface area contributed by atoms with Gasteiger partial charge in [0.25, 0.3) is 17.7 Å². The number of carbonyl (C=O) groups is 4. The number of carboxylic acids is 1. The molecule has 0 unspecified atom stereocenters. The molecule has 0 aromatic carbocycles. The molecule has 3 aliphatic heterocycles. The number of carbonyl (C=O) groups excluding carboxylic acids is 3. The smallest absolute Gasteiger partial charge is 0.352 e. The molecular weight excluding hydrogens is 526 g/mol. The molecule has 0 radical (unpaired) electrons. The minimum Gasteiger partial charge on any atom is -0.477 e. The van der Waals surface area contributed by atoms with E-state index in [1.807, 2.05) is 23.9 Å². The maximum atomic E-state index is 13.1. The predicted octanol–water partition coefficient (Wildman–Crippen LogP) is 0.215. The SMILES string of the molecule is CO/N=C(\C(=O)N[C@@H]1C(=O)N2C(C(=O)O)=C(/C=C3\C=CN(c4ccc[n+](C)c4)C3=O)CC[C@H]12)c1csc(N)n1. The van der Waals surface area contributed by atoms with E-state index in [9.17, 15) is 24.3 Å². The summed E-state index contributed by atoms with van der Waals surface area (Å²) in [5.41, 5.74) is 6.79. The highest BCUT2D eigenvalue weighted by atomic mass is 32.1. The topological polar surface area (TPSA) is 171 Å². The molecule has 0 aliphatic carbocycles. The van der Waals surface area contributed by atoms with Gasteiger partial charge in [0.15, 0.2) is 23.2 Å². The van der Waals surface area contributed by atoms with Crippen LogP contribution in [0.2, 0.25) is 0 Å². The van der Waals surface area contributed by atoms with E-state index >= 15 is 0 Å². The number of hydrogen-bond acceptors (Lipinski definition) is 9. The Morgan fingerprint density at radius 2 is 2.18 bits per heavy atom. The highest BCUT2D eigenvalue weighted by Gasteiger charge is 2.53. The quantitative estimate of drug-likeness (QED) is 0.144. The van der Waals surface area contributed by atoms with E-state index in [2.05, 4.69) is 15.5 Å². The zero-order valence-electron chi connectivity index (χ0n) is 20.9. The van der Waals surface area contributed by atoms with Crippen LogP contribution < -0.4 is 20.5 Å². The van der Waals surface area contributed by atoms with Crippen LogP contribution in [0.3, 0.4) is 0 Å². The van der Waals surface area contributed by atoms with Gasteiger partial charge in [-0.2, -0.15) is 0 Å². The summed E-state index contributed by atoms with van der Waals surface area (Å²) in [7, 11) is 3.11. The Morgan fingerprint density at radius 1 is 1.38 bits per heavy atom. The third-order valence-corrected chi connectivity index (χ3v) is 7.20. The summed E-state index contributed by atoms with van der Waals surface area (Å²) in [5.74, 6) is -2.90. The van der Waals surface area contributed by atoms with Gasteiger partial charge in [-0.3, -0.25) is 24.2 Å². The number of aliphatic carboxylic acids is 1. The second-order valence-corrected chi connectivity index (χ2v) is 9.85. The summed E-state index contributed by atoms with van der Waals surface area (Å²) in [5, 5.41) is 18.1. The first-order chi connectivity index (χ1) is 18.7. The van der Waals surface area contributed by atoms with Gasteiger partial charge in [0, 0.05) is 23.2 Å². The van der Waals surface area contributed by atoms with E-state index < -0.39 is 29.9 Å². The summed E-state index contributed by atoms with van der Waals surface area (Å²) >= 11 is 1.11. The van der Waals surface area contributed by atoms with Crippen molar-refractivity contribution < 1.29 is 33.7 Å². The van der Waals surface area contributed by atoms with Crippen molar-refractivity contribution in [3.8, 4) is 0 Å². The number of β-lactam (4-membered cyclic amide) rings is 1. The Balaban J connectivity index is 1.36. The Hall–Kier alpha value is -4.85. The number of oxime groups is 1. The minimum atomic E-state index is -1.30. The van der Waals surface area contributed by atoms with Crippen molar-refractivity contribution >= 4 is 51.6 Å². The third kappa shape index (κ3) is 4.65. The van der Waals surface area contributed by atoms with E-state index in [0.717, 1.165) is 16.2 Å². The van der Waals surface area contributed by atoms with Crippen molar-refractivity contribution in [2.24, 2.45) is 12.2 Å². The predicted molar refractivity (Wildman–Crippen MR) is 139 cm³/mol. The lowest BCUT2D eigenvalue weighted by atomic mass is 9.83. The molecule has 2 aromatic heterocycles. The number of aromatic nitrogens is 2. The number of allylic oxidation sites excluding steroid dienone is 2. The fourth-order valence-corrected chi connectivity index (χ4v) is 5.33. The number of fused-ring (bicyclic) bond motifs is 1. The molecule has 3 aliphatic rings. The molecule has 200 valence electrons. The molecule has 14 heteroatoms. The van der Waals surface area contributed by atoms with Crippen molar-refractivity contribution in [3.63, 3.8) is 0 Å². The summed E-state index contributed by atoms with van der Waals surface area (Å²) in [6, 6.07) is 2.07. The summed E-state index contributed by atoms with van der Waals surface area (Å²) in [6.07, 6.45) is 9.03. The van der Waals surface area contributed by atoms with Gasteiger partial charge in [0.2, 0.25) is 0 Å². The normalized spacial score (nSPS) is 21.8. The van der Waals surface area contributed by atoms with Crippen LogP contribution in [0.5, 0.6) is 0 Å². The molecule has 0 bridgehead atoms. The average molecular weight is 551 g/mol. The molecular formula is C25H24N7O6S+. The number of hydrogen-bond donors (Lipinski definition) is 3. The number of nitrogen functional groups attached to an aromatic ring is 1. The standard InChI is InChI=1S/C25H23N7O6S/c1-30-8-3-4-15(11-30)31-9-7-14(22(31)34)10-13-5-6-17-19(23(35)32(17)20(13)24(36)37)28-21(33)18(29-38-2)16-12-39-25(26)27-16/h3-4,7-12,17,19H,5-6H2,1-2H3,(H3-,26,27,28,33,36,37)/p+1/b14-10+,29-18-/t17-,19+/m1/s1. The van der Waals surface area contributed by atoms with Crippen LogP contribution >= 0.6 is 11.3 Å². The summed E-state index contributed by atoms with van der Waals surface area (Å²) < 4.78 is 1.81. The highest BCUT2D eigenvalue weighted by Crippen LogP contribution is 2.38. The minimum absolute atomic E-state index is 0.157. The molecule has 1 fully saturated rings. The lowest BCUT2D eigenvalue weighted by Crippen LogP contribution is -2.72. The van der Waals surface area contributed by atoms with Gasteiger partial charge in [0.05, 0.1) is 6.04 Å². The molecule has 2 aromatic rings. The van der Waals surface area contributed by atoms with Gasteiger partial charge in [-0.25, -0.2) is 14.3 Å². The number of nitrogens with zero attached hydrogens (tertiary/aromatic N) is 5. The zero-order valence-corrected chi connectivity index (χ0v) is 21.7. The molecule has 0 spiro atoms. The third-order valence-electron chi connectivity index (χ3n) is 6.53. The number of rotatable bonds is 7. The van der Waals surface area contributed by atoms with Crippen LogP contribution in [0.15, 0.2) is 70.3 Å². The van der Waals surface area contributed by atoms with Crippen LogP contribution in [-0.2, 0) is 31.1 Å². The molecule has 2 atom stereocenters. The first kappa shape index (κ1) is 25.8. The van der Waals surface area contributed by atoms with Gasteiger partial charge in [-0.05, 0) is 36.6 Å². The number of thiazole rings is 1. The number of carboxylic acid groups (broad SMARTS) is 1. The maximum Gasteiger partial charge on any atom is 0.352 e. The van der Waals surface area contributed by atoms with Gasteiger partial charge < -0.3 is 21.0 Å². The molecule has 0 saturated carbocycles. The molecule has 13 nitrogen and oxygen atoms in total. The van der Waals surface area contributed by atoms with Crippen LogP contribution in [0.4, 0.5) is 10.8 Å². The zero-order chi connectivity index (χ0) is 27.8. The Labute approximate surface area is 226 Å². The van der Waals surface area contributed by atoms with E-state index in [0.29, 0.717) is 23.3 Å². The molecule has 5 heterocycles. The van der Waals surface area contributed by atoms with Crippen molar-refractivity contribution in [3.05, 3.63) is 70.8 Å². The first-order valence-electron chi connectivity index (χ1n) is 11.8. The summed E-state index contributed by atoms with van der Waals surface area (Å²) in [4.78, 5) is 62.7. The van der Waals surface area contributed by atoms with Crippen LogP contribution in [0.25, 0.3) is 0 Å². The fraction of sp³-hybridized carbons (Fsp3) is 0.240. The van der Waals surface area contributed by atoms with Crippen LogP contribution in [0.1, 0.15) is 18.5 Å². The van der Waals surface area contributed by atoms with Crippen LogP contribution in [0, 0.1) is 0 Å². The Kier molecular flexibility index (Phi) is 6.70. The van der Waals surface area contributed by atoms with Crippen molar-refractivity contribution in [1.82, 2.24) is 15.2 Å². The lowest BCUT2D eigenvalue weighted by molar-refractivity contribution is -0.670. The van der Waals surface area contributed by atoms with Gasteiger partial charge in [-0.15, -0.1) is 11.3 Å².